The van der Waals surface area contributed by atoms with Crippen molar-refractivity contribution in [2.24, 2.45) is 0 Å². The summed E-state index contributed by atoms with van der Waals surface area (Å²) in [5.74, 6) is 0.0298. The molecule has 79 valence electrons. The van der Waals surface area contributed by atoms with Crippen LogP contribution in [0.2, 0.25) is 0 Å². The van der Waals surface area contributed by atoms with Crippen LogP contribution in [0.1, 0.15) is 25.3 Å². The van der Waals surface area contributed by atoms with Gasteiger partial charge in [0, 0.05) is 6.42 Å². The summed E-state index contributed by atoms with van der Waals surface area (Å²) in [5, 5.41) is 0. The van der Waals surface area contributed by atoms with Gasteiger partial charge >= 0.3 is 5.97 Å². The Balaban J connectivity index is 2.52. The minimum absolute atomic E-state index is 0.0186. The van der Waals surface area contributed by atoms with Crippen LogP contribution < -0.4 is 4.74 Å². The van der Waals surface area contributed by atoms with Gasteiger partial charge in [0.1, 0.15) is 11.5 Å². The summed E-state index contributed by atoms with van der Waals surface area (Å²) in [5.41, 5.74) is 0.661. The highest BCUT2D eigenvalue weighted by Crippen LogP contribution is 2.16. The molecule has 0 heterocycles. The molecule has 3 heteroatoms. The lowest BCUT2D eigenvalue weighted by Gasteiger charge is -2.05. The third-order valence-corrected chi connectivity index (χ3v) is 1.88. The normalized spacial score (nSPS) is 9.73. The van der Waals surface area contributed by atoms with Crippen molar-refractivity contribution in [1.29, 1.82) is 0 Å². The first-order chi connectivity index (χ1) is 7.09. The van der Waals surface area contributed by atoms with Crippen molar-refractivity contribution >= 4 is 11.8 Å². The zero-order chi connectivity index (χ0) is 11.3. The van der Waals surface area contributed by atoms with Crippen LogP contribution >= 0.6 is 0 Å². The molecule has 1 radical (unpaired) electrons. The fraction of sp³-hybridized carbons (Fsp3) is 0.250. The van der Waals surface area contributed by atoms with Gasteiger partial charge in [-0.15, -0.1) is 0 Å². The first kappa shape index (κ1) is 11.4. The highest BCUT2D eigenvalue weighted by Gasteiger charge is 2.07. The molecule has 0 saturated heterocycles. The summed E-state index contributed by atoms with van der Waals surface area (Å²) in [6.07, 6.45) is 0.335. The van der Waals surface area contributed by atoms with E-state index in [0.29, 0.717) is 11.3 Å². The van der Waals surface area contributed by atoms with Crippen molar-refractivity contribution in [2.75, 3.05) is 0 Å². The zero-order valence-electron chi connectivity index (χ0n) is 8.66. The van der Waals surface area contributed by atoms with Crippen molar-refractivity contribution in [3.05, 3.63) is 36.8 Å². The number of hydrogen-bond acceptors (Lipinski definition) is 3. The number of benzene rings is 1. The van der Waals surface area contributed by atoms with Crippen molar-refractivity contribution in [3.63, 3.8) is 0 Å². The van der Waals surface area contributed by atoms with Crippen LogP contribution in [-0.2, 0) is 9.59 Å². The Morgan fingerprint density at radius 3 is 2.53 bits per heavy atom. The molecule has 1 aromatic carbocycles. The first-order valence-electron chi connectivity index (χ1n) is 4.70. The van der Waals surface area contributed by atoms with E-state index in [1.165, 1.54) is 6.92 Å². The van der Waals surface area contributed by atoms with Gasteiger partial charge in [0.05, 0.1) is 6.42 Å². The molecular weight excluding hydrogens is 192 g/mol. The number of carbonyl (C=O) groups excluding carboxylic acids is 2. The number of hydrogen-bond donors (Lipinski definition) is 0. The van der Waals surface area contributed by atoms with Gasteiger partial charge in [-0.05, 0) is 25.5 Å². The van der Waals surface area contributed by atoms with Crippen LogP contribution in [0.5, 0.6) is 5.75 Å². The number of para-hydroxylation sites is 1. The van der Waals surface area contributed by atoms with E-state index in [4.69, 9.17) is 4.74 Å². The van der Waals surface area contributed by atoms with Crippen LogP contribution in [0.15, 0.2) is 24.3 Å². The van der Waals surface area contributed by atoms with Crippen LogP contribution in [-0.4, -0.2) is 11.8 Å². The lowest BCUT2D eigenvalue weighted by atomic mass is 10.2. The molecule has 3 nitrogen and oxygen atoms in total. The molecule has 0 fully saturated rings. The smallest absolute Gasteiger partial charge is 0.311 e. The number of rotatable bonds is 4. The van der Waals surface area contributed by atoms with Gasteiger partial charge < -0.3 is 9.53 Å². The minimum Gasteiger partial charge on any atom is -0.426 e. The second kappa shape index (κ2) is 5.29. The maximum atomic E-state index is 11.3. The molecule has 0 saturated carbocycles. The molecule has 0 aliphatic heterocycles. The van der Waals surface area contributed by atoms with Gasteiger partial charge in [0.15, 0.2) is 0 Å². The minimum atomic E-state index is -0.402. The zero-order valence-corrected chi connectivity index (χ0v) is 8.66. The maximum absolute atomic E-state index is 11.3. The second-order valence-corrected chi connectivity index (χ2v) is 3.28. The standard InChI is InChI=1S/C12H13O3/c1-9-5-3-4-6-11(9)15-12(14)8-7-10(2)13/h3-6H,1,7-8H2,2H3. The Kier molecular flexibility index (Phi) is 4.03. The number of ketones is 1. The summed E-state index contributed by atoms with van der Waals surface area (Å²) in [4.78, 5) is 21.9. The molecule has 0 aromatic heterocycles. The van der Waals surface area contributed by atoms with E-state index in [-0.39, 0.29) is 18.6 Å². The summed E-state index contributed by atoms with van der Waals surface area (Å²) in [6.45, 7) is 5.17. The lowest BCUT2D eigenvalue weighted by molar-refractivity contribution is -0.136. The van der Waals surface area contributed by atoms with E-state index < -0.39 is 5.97 Å². The molecule has 0 spiro atoms. The number of Topliss-reactive ketones (excluding diaryl/α,β-unsaturated/α-hetero) is 1. The quantitative estimate of drug-likeness (QED) is 0.558. The van der Waals surface area contributed by atoms with Crippen molar-refractivity contribution < 1.29 is 14.3 Å². The van der Waals surface area contributed by atoms with E-state index in [1.54, 1.807) is 18.2 Å². The Morgan fingerprint density at radius 2 is 1.93 bits per heavy atom. The first-order valence-corrected chi connectivity index (χ1v) is 4.70. The van der Waals surface area contributed by atoms with Gasteiger partial charge in [-0.25, -0.2) is 0 Å². The third kappa shape index (κ3) is 3.94. The van der Waals surface area contributed by atoms with Gasteiger partial charge in [0.2, 0.25) is 0 Å². The van der Waals surface area contributed by atoms with Crippen LogP contribution in [0, 0.1) is 6.92 Å². The summed E-state index contributed by atoms with van der Waals surface area (Å²) in [7, 11) is 0. The molecule has 1 aromatic rings. The lowest BCUT2D eigenvalue weighted by Crippen LogP contribution is -2.10. The van der Waals surface area contributed by atoms with E-state index in [1.807, 2.05) is 6.07 Å². The molecule has 0 amide bonds. The highest BCUT2D eigenvalue weighted by molar-refractivity contribution is 5.81. The van der Waals surface area contributed by atoms with E-state index in [2.05, 4.69) is 6.92 Å². The largest absolute Gasteiger partial charge is 0.426 e. The van der Waals surface area contributed by atoms with Crippen molar-refractivity contribution in [2.45, 2.75) is 19.8 Å². The summed E-state index contributed by atoms with van der Waals surface area (Å²) in [6, 6.07) is 7.01. The SMILES string of the molecule is [CH2]c1ccccc1OC(=O)CCC(C)=O. The molecule has 0 atom stereocenters. The Bertz CT molecular complexity index is 369. The third-order valence-electron chi connectivity index (χ3n) is 1.88. The monoisotopic (exact) mass is 205 g/mol. The Labute approximate surface area is 89.1 Å². The fourth-order valence-electron chi connectivity index (χ4n) is 1.06. The number of ether oxygens (including phenoxy) is 1. The molecule has 0 bridgehead atoms. The van der Waals surface area contributed by atoms with Crippen molar-refractivity contribution in [1.82, 2.24) is 0 Å². The number of esters is 1. The Hall–Kier alpha value is -1.64. The van der Waals surface area contributed by atoms with Crippen LogP contribution in [0.3, 0.4) is 0 Å². The summed E-state index contributed by atoms with van der Waals surface area (Å²) >= 11 is 0. The predicted molar refractivity (Wildman–Crippen MR) is 56.5 cm³/mol. The van der Waals surface area contributed by atoms with Gasteiger partial charge in [-0.2, -0.15) is 0 Å². The molecule has 0 unspecified atom stereocenters. The molecular formula is C12H13O3. The summed E-state index contributed by atoms with van der Waals surface area (Å²) < 4.78 is 5.04. The Morgan fingerprint density at radius 1 is 1.27 bits per heavy atom. The molecule has 15 heavy (non-hydrogen) atoms. The van der Waals surface area contributed by atoms with Crippen LogP contribution in [0.25, 0.3) is 0 Å². The fourth-order valence-corrected chi connectivity index (χ4v) is 1.06. The van der Waals surface area contributed by atoms with E-state index in [0.717, 1.165) is 0 Å². The van der Waals surface area contributed by atoms with Gasteiger partial charge in [0.25, 0.3) is 0 Å². The van der Waals surface area contributed by atoms with Crippen LogP contribution in [0.4, 0.5) is 0 Å². The second-order valence-electron chi connectivity index (χ2n) is 3.28. The average molecular weight is 205 g/mol. The topological polar surface area (TPSA) is 43.4 Å². The maximum Gasteiger partial charge on any atom is 0.311 e. The van der Waals surface area contributed by atoms with Gasteiger partial charge in [-0.3, -0.25) is 4.79 Å². The molecule has 0 aliphatic rings. The molecule has 0 N–H and O–H groups in total. The average Bonchev–Trinajstić information content (AvgIpc) is 2.18. The van der Waals surface area contributed by atoms with E-state index in [9.17, 15) is 9.59 Å². The molecule has 1 rings (SSSR count). The van der Waals surface area contributed by atoms with E-state index >= 15 is 0 Å². The highest BCUT2D eigenvalue weighted by atomic mass is 16.5. The predicted octanol–water partition coefficient (Wildman–Crippen LogP) is 2.14. The number of carbonyl (C=O) groups is 2. The van der Waals surface area contributed by atoms with Gasteiger partial charge in [-0.1, -0.05) is 18.2 Å². The molecule has 0 aliphatic carbocycles. The van der Waals surface area contributed by atoms with Crippen molar-refractivity contribution in [3.8, 4) is 5.75 Å².